The topological polar surface area (TPSA) is 38.3 Å². The Morgan fingerprint density at radius 3 is 3.00 bits per heavy atom. The van der Waals surface area contributed by atoms with E-state index in [4.69, 9.17) is 4.74 Å². The highest BCUT2D eigenvalue weighted by Crippen LogP contribution is 2.29. The molecule has 0 bridgehead atoms. The normalized spacial score (nSPS) is 20.2. The predicted molar refractivity (Wildman–Crippen MR) is 49.9 cm³/mol. The van der Waals surface area contributed by atoms with Gasteiger partial charge in [0.05, 0.1) is 5.69 Å². The van der Waals surface area contributed by atoms with Crippen molar-refractivity contribution in [1.29, 1.82) is 0 Å². The van der Waals surface area contributed by atoms with Gasteiger partial charge in [-0.2, -0.15) is 0 Å². The van der Waals surface area contributed by atoms with E-state index < -0.39 is 6.10 Å². The summed E-state index contributed by atoms with van der Waals surface area (Å²) in [5, 5.41) is 2.77. The van der Waals surface area contributed by atoms with Crippen molar-refractivity contribution in [3.63, 3.8) is 0 Å². The van der Waals surface area contributed by atoms with Crippen molar-refractivity contribution in [2.24, 2.45) is 0 Å². The first-order valence-corrected chi connectivity index (χ1v) is 4.25. The molecule has 0 saturated carbocycles. The number of carbonyl (C=O) groups excluding carboxylic acids is 1. The Hall–Kier alpha value is -1.51. The number of benzene rings is 1. The highest BCUT2D eigenvalue weighted by atomic mass is 16.5. The molecule has 0 unspecified atom stereocenters. The molecule has 0 radical (unpaired) electrons. The monoisotopic (exact) mass is 177 g/mol. The lowest BCUT2D eigenvalue weighted by Crippen LogP contribution is -2.34. The van der Waals surface area contributed by atoms with Gasteiger partial charge in [-0.25, -0.2) is 0 Å². The van der Waals surface area contributed by atoms with Crippen LogP contribution in [-0.4, -0.2) is 12.0 Å². The maximum absolute atomic E-state index is 11.2. The lowest BCUT2D eigenvalue weighted by molar-refractivity contribution is -0.122. The first-order valence-electron chi connectivity index (χ1n) is 4.25. The second kappa shape index (κ2) is 2.76. The number of aryl methyl sites for hydroxylation is 1. The Kier molecular flexibility index (Phi) is 1.72. The van der Waals surface area contributed by atoms with Crippen LogP contribution in [0, 0.1) is 6.92 Å². The van der Waals surface area contributed by atoms with Crippen molar-refractivity contribution in [3.8, 4) is 5.75 Å². The molecular weight excluding hydrogens is 166 g/mol. The van der Waals surface area contributed by atoms with Crippen molar-refractivity contribution in [2.45, 2.75) is 20.0 Å². The Morgan fingerprint density at radius 1 is 1.46 bits per heavy atom. The van der Waals surface area contributed by atoms with Gasteiger partial charge in [0.1, 0.15) is 5.75 Å². The Balaban J connectivity index is 2.42. The van der Waals surface area contributed by atoms with E-state index in [9.17, 15) is 4.79 Å². The SMILES string of the molecule is Cc1ccc2c(c1)O[C@H](C)C(=O)N2. The fourth-order valence-electron chi connectivity index (χ4n) is 1.31. The third kappa shape index (κ3) is 1.37. The average molecular weight is 177 g/mol. The Morgan fingerprint density at radius 2 is 2.23 bits per heavy atom. The Bertz CT molecular complexity index is 360. The minimum absolute atomic E-state index is 0.0867. The number of hydrogen-bond acceptors (Lipinski definition) is 2. The van der Waals surface area contributed by atoms with Crippen LogP contribution in [0.1, 0.15) is 12.5 Å². The fraction of sp³-hybridized carbons (Fsp3) is 0.300. The predicted octanol–water partition coefficient (Wildman–Crippen LogP) is 1.71. The van der Waals surface area contributed by atoms with Crippen molar-refractivity contribution in [2.75, 3.05) is 5.32 Å². The zero-order valence-electron chi connectivity index (χ0n) is 7.63. The second-order valence-electron chi connectivity index (χ2n) is 3.25. The molecule has 3 nitrogen and oxygen atoms in total. The molecule has 0 spiro atoms. The van der Waals surface area contributed by atoms with Crippen molar-refractivity contribution < 1.29 is 9.53 Å². The zero-order chi connectivity index (χ0) is 9.42. The van der Waals surface area contributed by atoms with Gasteiger partial charge in [0.25, 0.3) is 5.91 Å². The highest BCUT2D eigenvalue weighted by molar-refractivity contribution is 5.97. The number of hydrogen-bond donors (Lipinski definition) is 1. The number of nitrogens with one attached hydrogen (secondary N) is 1. The third-order valence-electron chi connectivity index (χ3n) is 2.07. The summed E-state index contributed by atoms with van der Waals surface area (Å²) in [6, 6.07) is 5.72. The number of rotatable bonds is 0. The van der Waals surface area contributed by atoms with Gasteiger partial charge in [0.15, 0.2) is 6.10 Å². The lowest BCUT2D eigenvalue weighted by Gasteiger charge is -2.23. The molecule has 0 saturated heterocycles. The van der Waals surface area contributed by atoms with Crippen LogP contribution < -0.4 is 10.1 Å². The average Bonchev–Trinajstić information content (AvgIpc) is 2.08. The number of anilines is 1. The summed E-state index contributed by atoms with van der Waals surface area (Å²) in [5.74, 6) is 0.670. The van der Waals surface area contributed by atoms with Crippen molar-refractivity contribution >= 4 is 11.6 Å². The maximum atomic E-state index is 11.2. The van der Waals surface area contributed by atoms with E-state index in [2.05, 4.69) is 5.32 Å². The van der Waals surface area contributed by atoms with E-state index in [1.165, 1.54) is 0 Å². The number of amides is 1. The summed E-state index contributed by atoms with van der Waals surface area (Å²) in [6.45, 7) is 3.73. The van der Waals surface area contributed by atoms with E-state index >= 15 is 0 Å². The minimum atomic E-state index is -0.394. The van der Waals surface area contributed by atoms with E-state index in [0.29, 0.717) is 0 Å². The van der Waals surface area contributed by atoms with Gasteiger partial charge in [-0.15, -0.1) is 0 Å². The van der Waals surface area contributed by atoms with Crippen LogP contribution in [0.2, 0.25) is 0 Å². The van der Waals surface area contributed by atoms with E-state index in [1.54, 1.807) is 6.92 Å². The first-order chi connectivity index (χ1) is 6.16. The number of carbonyl (C=O) groups is 1. The van der Waals surface area contributed by atoms with E-state index in [0.717, 1.165) is 17.0 Å². The van der Waals surface area contributed by atoms with Gasteiger partial charge in [-0.1, -0.05) is 6.07 Å². The minimum Gasteiger partial charge on any atom is -0.479 e. The smallest absolute Gasteiger partial charge is 0.265 e. The van der Waals surface area contributed by atoms with Crippen LogP contribution in [0.25, 0.3) is 0 Å². The summed E-state index contributed by atoms with van der Waals surface area (Å²) in [7, 11) is 0. The molecule has 3 heteroatoms. The molecule has 13 heavy (non-hydrogen) atoms. The molecule has 0 aliphatic carbocycles. The van der Waals surface area contributed by atoms with Gasteiger partial charge < -0.3 is 10.1 Å². The number of ether oxygens (including phenoxy) is 1. The summed E-state index contributed by atoms with van der Waals surface area (Å²) in [5.41, 5.74) is 1.88. The molecule has 1 amide bonds. The largest absolute Gasteiger partial charge is 0.479 e. The van der Waals surface area contributed by atoms with Gasteiger partial charge >= 0.3 is 0 Å². The molecular formula is C10H11NO2. The van der Waals surface area contributed by atoms with Crippen LogP contribution >= 0.6 is 0 Å². The highest BCUT2D eigenvalue weighted by Gasteiger charge is 2.22. The van der Waals surface area contributed by atoms with Gasteiger partial charge in [0.2, 0.25) is 0 Å². The summed E-state index contributed by atoms with van der Waals surface area (Å²) in [4.78, 5) is 11.2. The van der Waals surface area contributed by atoms with Crippen LogP contribution in [0.4, 0.5) is 5.69 Å². The quantitative estimate of drug-likeness (QED) is 0.655. The number of fused-ring (bicyclic) bond motifs is 1. The standard InChI is InChI=1S/C10H11NO2/c1-6-3-4-8-9(5-6)13-7(2)10(12)11-8/h3-5,7H,1-2H3,(H,11,12)/t7-/m1/s1. The lowest BCUT2D eigenvalue weighted by atomic mass is 10.1. The maximum Gasteiger partial charge on any atom is 0.265 e. The van der Waals surface area contributed by atoms with Gasteiger partial charge in [-0.3, -0.25) is 4.79 Å². The van der Waals surface area contributed by atoms with Crippen LogP contribution in [-0.2, 0) is 4.79 Å². The Labute approximate surface area is 76.7 Å². The zero-order valence-corrected chi connectivity index (χ0v) is 7.63. The molecule has 0 aromatic heterocycles. The molecule has 0 fully saturated rings. The second-order valence-corrected chi connectivity index (χ2v) is 3.25. The molecule has 1 aromatic carbocycles. The molecule has 1 aliphatic heterocycles. The first kappa shape index (κ1) is 8.10. The fourth-order valence-corrected chi connectivity index (χ4v) is 1.31. The molecule has 1 heterocycles. The van der Waals surface area contributed by atoms with Crippen molar-refractivity contribution in [1.82, 2.24) is 0 Å². The molecule has 1 aromatic rings. The van der Waals surface area contributed by atoms with Gasteiger partial charge in [0, 0.05) is 0 Å². The van der Waals surface area contributed by atoms with E-state index in [1.807, 2.05) is 25.1 Å². The molecule has 2 rings (SSSR count). The molecule has 1 atom stereocenters. The van der Waals surface area contributed by atoms with Crippen LogP contribution in [0.15, 0.2) is 18.2 Å². The van der Waals surface area contributed by atoms with Crippen molar-refractivity contribution in [3.05, 3.63) is 23.8 Å². The van der Waals surface area contributed by atoms with Gasteiger partial charge in [-0.05, 0) is 31.5 Å². The summed E-state index contributed by atoms with van der Waals surface area (Å²) < 4.78 is 5.41. The summed E-state index contributed by atoms with van der Waals surface area (Å²) in [6.07, 6.45) is -0.394. The van der Waals surface area contributed by atoms with Crippen LogP contribution in [0.5, 0.6) is 5.75 Å². The van der Waals surface area contributed by atoms with Crippen LogP contribution in [0.3, 0.4) is 0 Å². The van der Waals surface area contributed by atoms with E-state index in [-0.39, 0.29) is 5.91 Å². The molecule has 68 valence electrons. The third-order valence-corrected chi connectivity index (χ3v) is 2.07. The summed E-state index contributed by atoms with van der Waals surface area (Å²) >= 11 is 0. The molecule has 1 aliphatic rings. The molecule has 1 N–H and O–H groups in total.